The van der Waals surface area contributed by atoms with Crippen molar-refractivity contribution in [1.82, 2.24) is 0 Å². The van der Waals surface area contributed by atoms with Crippen LogP contribution in [0.2, 0.25) is 0 Å². The third-order valence-electron chi connectivity index (χ3n) is 2.66. The van der Waals surface area contributed by atoms with Gasteiger partial charge in [0.1, 0.15) is 11.7 Å². The summed E-state index contributed by atoms with van der Waals surface area (Å²) in [5.74, 6) is -2.64. The summed E-state index contributed by atoms with van der Waals surface area (Å²) in [6.45, 7) is 0. The number of aryl methyl sites for hydroxylation is 1. The van der Waals surface area contributed by atoms with Gasteiger partial charge in [-0.25, -0.2) is 0 Å². The third-order valence-corrected chi connectivity index (χ3v) is 2.66. The van der Waals surface area contributed by atoms with Crippen LogP contribution in [0.5, 0.6) is 0 Å². The maximum Gasteiger partial charge on any atom is 0.402 e. The lowest BCUT2D eigenvalue weighted by Gasteiger charge is -2.26. The molecule has 0 spiro atoms. The van der Waals surface area contributed by atoms with Gasteiger partial charge in [0, 0.05) is 6.42 Å². The number of Topliss-reactive ketones (excluding diaryl/α,β-unsaturated/α-hetero) is 1. The highest BCUT2D eigenvalue weighted by Gasteiger charge is 2.47. The zero-order valence-corrected chi connectivity index (χ0v) is 7.84. The minimum absolute atomic E-state index is 0.0127. The molecule has 0 radical (unpaired) electrons. The van der Waals surface area contributed by atoms with E-state index in [1.165, 1.54) is 12.1 Å². The van der Waals surface area contributed by atoms with Gasteiger partial charge in [0.2, 0.25) is 0 Å². The van der Waals surface area contributed by atoms with Gasteiger partial charge in [-0.2, -0.15) is 13.2 Å². The molecule has 2 rings (SSSR count). The smallest absolute Gasteiger partial charge is 0.299 e. The summed E-state index contributed by atoms with van der Waals surface area (Å²) in [6, 6.07) is 6.28. The number of hydrogen-bond donors (Lipinski definition) is 0. The van der Waals surface area contributed by atoms with Crippen LogP contribution in [0.25, 0.3) is 0 Å². The topological polar surface area (TPSA) is 17.1 Å². The van der Waals surface area contributed by atoms with Gasteiger partial charge in [-0.1, -0.05) is 24.3 Å². The molecule has 80 valence electrons. The second kappa shape index (κ2) is 3.36. The van der Waals surface area contributed by atoms with Crippen LogP contribution >= 0.6 is 0 Å². The molecule has 1 aromatic carbocycles. The van der Waals surface area contributed by atoms with E-state index in [1.807, 2.05) is 0 Å². The van der Waals surface area contributed by atoms with Gasteiger partial charge in [0.25, 0.3) is 0 Å². The Balaban J connectivity index is 2.51. The molecule has 0 aromatic heterocycles. The van der Waals surface area contributed by atoms with Crippen LogP contribution in [-0.2, 0) is 11.2 Å². The minimum atomic E-state index is -4.46. The van der Waals surface area contributed by atoms with Gasteiger partial charge >= 0.3 is 6.18 Å². The van der Waals surface area contributed by atoms with Crippen molar-refractivity contribution in [3.8, 4) is 0 Å². The van der Waals surface area contributed by atoms with E-state index >= 15 is 0 Å². The molecule has 1 aliphatic rings. The van der Waals surface area contributed by atoms with E-state index in [9.17, 15) is 18.0 Å². The molecule has 0 bridgehead atoms. The van der Waals surface area contributed by atoms with Crippen molar-refractivity contribution in [2.24, 2.45) is 0 Å². The van der Waals surface area contributed by atoms with E-state index in [-0.39, 0.29) is 12.0 Å². The Morgan fingerprint density at radius 1 is 1.13 bits per heavy atom. The number of alkyl halides is 3. The normalized spacial score (nSPS) is 21.3. The SMILES string of the molecule is O=C1CCc2ccccc2C1C(F)(F)F. The molecule has 1 aliphatic carbocycles. The number of ketones is 1. The lowest BCUT2D eigenvalue weighted by atomic mass is 9.81. The lowest BCUT2D eigenvalue weighted by molar-refractivity contribution is -0.164. The van der Waals surface area contributed by atoms with Crippen molar-refractivity contribution in [1.29, 1.82) is 0 Å². The maximum absolute atomic E-state index is 12.6. The number of benzene rings is 1. The van der Waals surface area contributed by atoms with E-state index in [0.29, 0.717) is 12.0 Å². The van der Waals surface area contributed by atoms with E-state index in [1.54, 1.807) is 12.1 Å². The fourth-order valence-corrected chi connectivity index (χ4v) is 1.98. The Bertz CT molecular complexity index is 395. The molecular formula is C11H9F3O. The van der Waals surface area contributed by atoms with Crippen LogP contribution < -0.4 is 0 Å². The van der Waals surface area contributed by atoms with Gasteiger partial charge in [0.05, 0.1) is 0 Å². The fourth-order valence-electron chi connectivity index (χ4n) is 1.98. The Kier molecular flexibility index (Phi) is 2.29. The third kappa shape index (κ3) is 1.76. The summed E-state index contributed by atoms with van der Waals surface area (Å²) in [5.41, 5.74) is 0.765. The van der Waals surface area contributed by atoms with Gasteiger partial charge < -0.3 is 0 Å². The van der Waals surface area contributed by atoms with Crippen molar-refractivity contribution in [2.45, 2.75) is 24.9 Å². The number of fused-ring (bicyclic) bond motifs is 1. The Morgan fingerprint density at radius 3 is 2.47 bits per heavy atom. The van der Waals surface area contributed by atoms with Crippen LogP contribution in [0.3, 0.4) is 0 Å². The predicted octanol–water partition coefficient (Wildman–Crippen LogP) is 2.85. The highest BCUT2D eigenvalue weighted by atomic mass is 19.4. The van der Waals surface area contributed by atoms with Crippen LogP contribution in [0.15, 0.2) is 24.3 Å². The van der Waals surface area contributed by atoms with Crippen molar-refractivity contribution >= 4 is 5.78 Å². The van der Waals surface area contributed by atoms with Gasteiger partial charge in [-0.05, 0) is 17.5 Å². The molecule has 0 saturated heterocycles. The molecule has 15 heavy (non-hydrogen) atoms. The summed E-state index contributed by atoms with van der Waals surface area (Å²) in [4.78, 5) is 11.3. The van der Waals surface area contributed by atoms with Crippen molar-refractivity contribution in [3.63, 3.8) is 0 Å². The van der Waals surface area contributed by atoms with Crippen LogP contribution in [0, 0.1) is 0 Å². The standard InChI is InChI=1S/C11H9F3O/c12-11(13,14)10-8-4-2-1-3-7(8)5-6-9(10)15/h1-4,10H,5-6H2. The van der Waals surface area contributed by atoms with Gasteiger partial charge in [0.15, 0.2) is 0 Å². The van der Waals surface area contributed by atoms with E-state index in [2.05, 4.69) is 0 Å². The Labute approximate surface area is 84.9 Å². The van der Waals surface area contributed by atoms with Crippen molar-refractivity contribution in [2.75, 3.05) is 0 Å². The summed E-state index contributed by atoms with van der Waals surface area (Å²) in [7, 11) is 0. The first kappa shape index (κ1) is 10.2. The molecular weight excluding hydrogens is 205 g/mol. The van der Waals surface area contributed by atoms with Gasteiger partial charge in [-0.15, -0.1) is 0 Å². The molecule has 0 N–H and O–H groups in total. The average Bonchev–Trinajstić information content (AvgIpc) is 2.15. The van der Waals surface area contributed by atoms with Gasteiger partial charge in [-0.3, -0.25) is 4.79 Å². The summed E-state index contributed by atoms with van der Waals surface area (Å²) < 4.78 is 37.9. The zero-order chi connectivity index (χ0) is 11.1. The minimum Gasteiger partial charge on any atom is -0.299 e. The number of hydrogen-bond acceptors (Lipinski definition) is 1. The average molecular weight is 214 g/mol. The molecule has 4 heteroatoms. The second-order valence-corrected chi connectivity index (χ2v) is 3.64. The van der Waals surface area contributed by atoms with E-state index in [0.717, 1.165) is 0 Å². The quantitative estimate of drug-likeness (QED) is 0.649. The van der Waals surface area contributed by atoms with Crippen LogP contribution in [0.1, 0.15) is 23.5 Å². The molecule has 0 heterocycles. The first-order valence-corrected chi connectivity index (χ1v) is 4.67. The number of carbonyl (C=O) groups excluding carboxylic acids is 1. The molecule has 1 nitrogen and oxygen atoms in total. The molecule has 1 aromatic rings. The fraction of sp³-hybridized carbons (Fsp3) is 0.364. The summed E-state index contributed by atoms with van der Waals surface area (Å²) in [5, 5.41) is 0. The molecule has 0 aliphatic heterocycles. The number of halogens is 3. The molecule has 1 atom stereocenters. The Hall–Kier alpha value is -1.32. The number of rotatable bonds is 0. The largest absolute Gasteiger partial charge is 0.402 e. The van der Waals surface area contributed by atoms with Crippen molar-refractivity contribution < 1.29 is 18.0 Å². The van der Waals surface area contributed by atoms with Crippen LogP contribution in [0.4, 0.5) is 13.2 Å². The van der Waals surface area contributed by atoms with Crippen LogP contribution in [-0.4, -0.2) is 12.0 Å². The molecule has 0 saturated carbocycles. The maximum atomic E-state index is 12.6. The molecule has 0 fully saturated rings. The molecule has 1 unspecified atom stereocenters. The number of carbonyl (C=O) groups is 1. The van der Waals surface area contributed by atoms with E-state index in [4.69, 9.17) is 0 Å². The predicted molar refractivity (Wildman–Crippen MR) is 48.6 cm³/mol. The Morgan fingerprint density at radius 2 is 1.80 bits per heavy atom. The van der Waals surface area contributed by atoms with Crippen molar-refractivity contribution in [3.05, 3.63) is 35.4 Å². The summed E-state index contributed by atoms with van der Waals surface area (Å²) >= 11 is 0. The first-order chi connectivity index (χ1) is 7.00. The summed E-state index contributed by atoms with van der Waals surface area (Å²) in [6.07, 6.45) is -4.06. The lowest BCUT2D eigenvalue weighted by Crippen LogP contribution is -2.32. The molecule has 0 amide bonds. The monoisotopic (exact) mass is 214 g/mol. The highest BCUT2D eigenvalue weighted by molar-refractivity contribution is 5.88. The first-order valence-electron chi connectivity index (χ1n) is 4.67. The van der Waals surface area contributed by atoms with E-state index < -0.39 is 17.9 Å². The highest BCUT2D eigenvalue weighted by Crippen LogP contribution is 2.40. The zero-order valence-electron chi connectivity index (χ0n) is 7.84. The second-order valence-electron chi connectivity index (χ2n) is 3.64.